The van der Waals surface area contributed by atoms with Crippen molar-refractivity contribution in [2.24, 2.45) is 0 Å². The lowest BCUT2D eigenvalue weighted by molar-refractivity contribution is -0.152. The van der Waals surface area contributed by atoms with E-state index in [0.29, 0.717) is 26.3 Å². The lowest BCUT2D eigenvalue weighted by atomic mass is 10.0. The summed E-state index contributed by atoms with van der Waals surface area (Å²) in [6.07, 6.45) is 0.0883. The molecule has 148 valence electrons. The molecule has 0 saturated carbocycles. The number of rotatable bonds is 6. The third-order valence-electron chi connectivity index (χ3n) is 4.73. The van der Waals surface area contributed by atoms with E-state index in [0.717, 1.165) is 16.3 Å². The first-order chi connectivity index (χ1) is 13.5. The van der Waals surface area contributed by atoms with Gasteiger partial charge >= 0.3 is 5.97 Å². The highest BCUT2D eigenvalue weighted by molar-refractivity contribution is 5.90. The minimum atomic E-state index is -0.474. The molecule has 0 radical (unpaired) electrons. The molecule has 0 unspecified atom stereocenters. The van der Waals surface area contributed by atoms with Gasteiger partial charge in [0.1, 0.15) is 0 Å². The Labute approximate surface area is 163 Å². The van der Waals surface area contributed by atoms with Crippen molar-refractivity contribution in [1.29, 1.82) is 0 Å². The van der Waals surface area contributed by atoms with Gasteiger partial charge < -0.3 is 19.3 Å². The van der Waals surface area contributed by atoms with Crippen LogP contribution in [0.3, 0.4) is 0 Å². The molecule has 1 aliphatic heterocycles. The van der Waals surface area contributed by atoms with Crippen LogP contribution >= 0.6 is 0 Å². The number of benzene rings is 2. The van der Waals surface area contributed by atoms with E-state index in [1.54, 1.807) is 4.90 Å². The van der Waals surface area contributed by atoms with Crippen molar-refractivity contribution in [1.82, 2.24) is 9.80 Å². The Hall–Kier alpha value is -2.93. The van der Waals surface area contributed by atoms with Crippen LogP contribution in [0.5, 0.6) is 0 Å². The van der Waals surface area contributed by atoms with E-state index in [4.69, 9.17) is 9.47 Å². The molecule has 3 rings (SSSR count). The summed E-state index contributed by atoms with van der Waals surface area (Å²) in [4.78, 5) is 39.5. The molecule has 0 N–H and O–H groups in total. The summed E-state index contributed by atoms with van der Waals surface area (Å²) >= 11 is 0. The van der Waals surface area contributed by atoms with Crippen LogP contribution in [0.1, 0.15) is 5.56 Å². The van der Waals surface area contributed by atoms with E-state index in [9.17, 15) is 14.4 Å². The zero-order valence-corrected chi connectivity index (χ0v) is 15.9. The highest BCUT2D eigenvalue weighted by atomic mass is 16.5. The monoisotopic (exact) mass is 384 g/mol. The van der Waals surface area contributed by atoms with Gasteiger partial charge in [0.2, 0.25) is 5.91 Å². The fourth-order valence-corrected chi connectivity index (χ4v) is 3.11. The van der Waals surface area contributed by atoms with Gasteiger partial charge in [0, 0.05) is 20.1 Å². The second kappa shape index (κ2) is 9.32. The molecule has 0 spiro atoms. The highest BCUT2D eigenvalue weighted by Gasteiger charge is 2.21. The van der Waals surface area contributed by atoms with Crippen LogP contribution in [-0.2, 0) is 30.3 Å². The third kappa shape index (κ3) is 5.07. The molecule has 1 fully saturated rings. The van der Waals surface area contributed by atoms with E-state index in [1.807, 2.05) is 42.5 Å². The van der Waals surface area contributed by atoms with Gasteiger partial charge in [-0.25, -0.2) is 0 Å². The topological polar surface area (TPSA) is 76.2 Å². The molecule has 2 amide bonds. The average molecular weight is 384 g/mol. The summed E-state index contributed by atoms with van der Waals surface area (Å²) in [6, 6.07) is 13.5. The van der Waals surface area contributed by atoms with E-state index < -0.39 is 11.9 Å². The maximum absolute atomic E-state index is 12.2. The molecule has 7 heteroatoms. The van der Waals surface area contributed by atoms with E-state index in [-0.39, 0.29) is 25.5 Å². The van der Waals surface area contributed by atoms with Crippen molar-refractivity contribution in [3.05, 3.63) is 48.0 Å². The van der Waals surface area contributed by atoms with E-state index in [2.05, 4.69) is 0 Å². The lowest BCUT2D eigenvalue weighted by Crippen LogP contribution is -2.46. The number of fused-ring (bicyclic) bond motifs is 1. The van der Waals surface area contributed by atoms with Gasteiger partial charge in [0.05, 0.1) is 26.2 Å². The summed E-state index contributed by atoms with van der Waals surface area (Å²) in [5.41, 5.74) is 0.853. The number of hydrogen-bond donors (Lipinski definition) is 0. The number of ether oxygens (including phenoxy) is 2. The summed E-state index contributed by atoms with van der Waals surface area (Å²) in [7, 11) is 1.53. The SMILES string of the molecule is CN(CC(=O)N1CCOCC1)C(=O)COC(=O)Cc1cccc2ccccc12. The minimum absolute atomic E-state index is 0.0420. The molecule has 2 aromatic rings. The number of hydrogen-bond acceptors (Lipinski definition) is 5. The maximum Gasteiger partial charge on any atom is 0.310 e. The normalized spacial score (nSPS) is 14.0. The molecule has 1 aliphatic rings. The Bertz CT molecular complexity index is 855. The van der Waals surface area contributed by atoms with Crippen molar-refractivity contribution in [3.63, 3.8) is 0 Å². The number of carbonyl (C=O) groups is 3. The smallest absolute Gasteiger partial charge is 0.310 e. The van der Waals surface area contributed by atoms with Gasteiger partial charge in [-0.2, -0.15) is 0 Å². The van der Waals surface area contributed by atoms with Crippen molar-refractivity contribution < 1.29 is 23.9 Å². The molecule has 28 heavy (non-hydrogen) atoms. The summed E-state index contributed by atoms with van der Waals surface area (Å²) in [5, 5.41) is 2.03. The first-order valence-corrected chi connectivity index (χ1v) is 9.26. The van der Waals surface area contributed by atoms with Crippen LogP contribution in [0.15, 0.2) is 42.5 Å². The zero-order chi connectivity index (χ0) is 19.9. The van der Waals surface area contributed by atoms with Crippen molar-refractivity contribution >= 4 is 28.6 Å². The molecule has 2 aromatic carbocycles. The first-order valence-electron chi connectivity index (χ1n) is 9.26. The van der Waals surface area contributed by atoms with Crippen molar-refractivity contribution in [2.45, 2.75) is 6.42 Å². The second-order valence-corrected chi connectivity index (χ2v) is 6.72. The first kappa shape index (κ1) is 19.8. The summed E-state index contributed by atoms with van der Waals surface area (Å²) < 4.78 is 10.3. The minimum Gasteiger partial charge on any atom is -0.455 e. The van der Waals surface area contributed by atoms with Gasteiger partial charge in [0.25, 0.3) is 5.91 Å². The van der Waals surface area contributed by atoms with Crippen LogP contribution in [0, 0.1) is 0 Å². The summed E-state index contributed by atoms with van der Waals surface area (Å²) in [5.74, 6) is -1.02. The predicted molar refractivity (Wildman–Crippen MR) is 104 cm³/mol. The molecular formula is C21H24N2O5. The molecule has 0 bridgehead atoms. The second-order valence-electron chi connectivity index (χ2n) is 6.72. The fourth-order valence-electron chi connectivity index (χ4n) is 3.11. The van der Waals surface area contributed by atoms with Gasteiger partial charge in [-0.3, -0.25) is 14.4 Å². The Morgan fingerprint density at radius 3 is 2.57 bits per heavy atom. The molecular weight excluding hydrogens is 360 g/mol. The van der Waals surface area contributed by atoms with Gasteiger partial charge in [-0.05, 0) is 16.3 Å². The van der Waals surface area contributed by atoms with Crippen molar-refractivity contribution in [3.8, 4) is 0 Å². The maximum atomic E-state index is 12.2. The van der Waals surface area contributed by atoms with Crippen LogP contribution in [0.2, 0.25) is 0 Å². The largest absolute Gasteiger partial charge is 0.455 e. The van der Waals surface area contributed by atoms with Crippen molar-refractivity contribution in [2.75, 3.05) is 46.5 Å². The van der Waals surface area contributed by atoms with Gasteiger partial charge in [-0.1, -0.05) is 42.5 Å². The number of likely N-dealkylation sites (N-methyl/N-ethyl adjacent to an activating group) is 1. The van der Waals surface area contributed by atoms with E-state index in [1.165, 1.54) is 11.9 Å². The fraction of sp³-hybridized carbons (Fsp3) is 0.381. The Balaban J connectivity index is 1.48. The number of carbonyl (C=O) groups excluding carboxylic acids is 3. The predicted octanol–water partition coefficient (Wildman–Crippen LogP) is 1.24. The summed E-state index contributed by atoms with van der Waals surface area (Å²) in [6.45, 7) is 1.66. The van der Waals surface area contributed by atoms with Crippen LogP contribution in [-0.4, -0.2) is 74.1 Å². The molecule has 0 aromatic heterocycles. The third-order valence-corrected chi connectivity index (χ3v) is 4.73. The average Bonchev–Trinajstić information content (AvgIpc) is 2.73. The van der Waals surface area contributed by atoms with Gasteiger partial charge in [-0.15, -0.1) is 0 Å². The molecule has 0 aliphatic carbocycles. The Morgan fingerprint density at radius 1 is 1.07 bits per heavy atom. The van der Waals surface area contributed by atoms with Crippen LogP contribution < -0.4 is 0 Å². The molecule has 7 nitrogen and oxygen atoms in total. The van der Waals surface area contributed by atoms with Crippen LogP contribution in [0.4, 0.5) is 0 Å². The molecule has 1 saturated heterocycles. The number of amides is 2. The lowest BCUT2D eigenvalue weighted by Gasteiger charge is -2.28. The van der Waals surface area contributed by atoms with Crippen LogP contribution in [0.25, 0.3) is 10.8 Å². The molecule has 1 heterocycles. The highest BCUT2D eigenvalue weighted by Crippen LogP contribution is 2.19. The zero-order valence-electron chi connectivity index (χ0n) is 15.9. The number of esters is 1. The quantitative estimate of drug-likeness (QED) is 0.701. The number of morpholine rings is 1. The number of nitrogens with zero attached hydrogens (tertiary/aromatic N) is 2. The van der Waals surface area contributed by atoms with E-state index >= 15 is 0 Å². The Morgan fingerprint density at radius 2 is 1.79 bits per heavy atom. The van der Waals surface area contributed by atoms with Gasteiger partial charge in [0.15, 0.2) is 6.61 Å². The molecule has 0 atom stereocenters. The Kier molecular flexibility index (Phi) is 6.60. The standard InChI is InChI=1S/C21H24N2O5/c1-22(14-19(24)23-9-11-27-12-10-23)20(25)15-28-21(26)13-17-7-4-6-16-5-2-3-8-18(16)17/h2-8H,9-15H2,1H3.